The SMILES string of the molecule is CNc1cc(C)nc2cc3c(cc12)OCCO3. The largest absolute Gasteiger partial charge is 0.486 e. The average molecular weight is 230 g/mol. The van der Waals surface area contributed by atoms with Crippen molar-refractivity contribution in [3.05, 3.63) is 23.9 Å². The second kappa shape index (κ2) is 3.80. The second-order valence-corrected chi connectivity index (χ2v) is 4.07. The van der Waals surface area contributed by atoms with E-state index in [1.165, 1.54) is 0 Å². The van der Waals surface area contributed by atoms with Crippen molar-refractivity contribution >= 4 is 16.6 Å². The number of rotatable bonds is 1. The summed E-state index contributed by atoms with van der Waals surface area (Å²) in [4.78, 5) is 4.52. The summed E-state index contributed by atoms with van der Waals surface area (Å²) in [6.45, 7) is 3.19. The molecule has 4 heteroatoms. The Kier molecular flexibility index (Phi) is 2.28. The van der Waals surface area contributed by atoms with Gasteiger partial charge in [-0.1, -0.05) is 0 Å². The second-order valence-electron chi connectivity index (χ2n) is 4.07. The summed E-state index contributed by atoms with van der Waals surface area (Å²) in [5, 5.41) is 4.24. The van der Waals surface area contributed by atoms with Crippen molar-refractivity contribution in [1.29, 1.82) is 0 Å². The van der Waals surface area contributed by atoms with Crippen LogP contribution in [0.15, 0.2) is 18.2 Å². The van der Waals surface area contributed by atoms with Crippen LogP contribution in [0.5, 0.6) is 11.5 Å². The fraction of sp³-hybridized carbons (Fsp3) is 0.308. The first-order valence-corrected chi connectivity index (χ1v) is 5.66. The van der Waals surface area contributed by atoms with E-state index < -0.39 is 0 Å². The minimum Gasteiger partial charge on any atom is -0.486 e. The number of hydrogen-bond donors (Lipinski definition) is 1. The summed E-state index contributed by atoms with van der Waals surface area (Å²) in [6, 6.07) is 5.96. The van der Waals surface area contributed by atoms with Crippen LogP contribution in [-0.4, -0.2) is 25.2 Å². The predicted octanol–water partition coefficient (Wildman–Crippen LogP) is 2.36. The number of anilines is 1. The zero-order chi connectivity index (χ0) is 11.8. The van der Waals surface area contributed by atoms with Crippen molar-refractivity contribution in [2.24, 2.45) is 0 Å². The van der Waals surface area contributed by atoms with Crippen LogP contribution in [-0.2, 0) is 0 Å². The van der Waals surface area contributed by atoms with E-state index in [-0.39, 0.29) is 0 Å². The maximum absolute atomic E-state index is 5.58. The highest BCUT2D eigenvalue weighted by Gasteiger charge is 2.14. The number of aromatic nitrogens is 1. The Morgan fingerprint density at radius 1 is 1.12 bits per heavy atom. The molecule has 4 nitrogen and oxygen atoms in total. The van der Waals surface area contributed by atoms with Crippen LogP contribution in [0.25, 0.3) is 10.9 Å². The van der Waals surface area contributed by atoms with Gasteiger partial charge in [0.2, 0.25) is 0 Å². The van der Waals surface area contributed by atoms with Crippen molar-refractivity contribution < 1.29 is 9.47 Å². The average Bonchev–Trinajstić information content (AvgIpc) is 2.35. The number of hydrogen-bond acceptors (Lipinski definition) is 4. The van der Waals surface area contributed by atoms with Crippen molar-refractivity contribution in [3.63, 3.8) is 0 Å². The molecule has 0 atom stereocenters. The Hall–Kier alpha value is -1.97. The van der Waals surface area contributed by atoms with Gasteiger partial charge in [-0.2, -0.15) is 0 Å². The molecule has 1 aromatic carbocycles. The molecule has 2 heterocycles. The molecule has 0 radical (unpaired) electrons. The lowest BCUT2D eigenvalue weighted by Gasteiger charge is -2.19. The van der Waals surface area contributed by atoms with E-state index in [1.807, 2.05) is 32.2 Å². The maximum Gasteiger partial charge on any atom is 0.163 e. The lowest BCUT2D eigenvalue weighted by molar-refractivity contribution is 0.172. The third kappa shape index (κ3) is 1.65. The highest BCUT2D eigenvalue weighted by molar-refractivity contribution is 5.93. The van der Waals surface area contributed by atoms with Crippen LogP contribution < -0.4 is 14.8 Å². The molecule has 0 saturated carbocycles. The quantitative estimate of drug-likeness (QED) is 0.816. The smallest absolute Gasteiger partial charge is 0.163 e. The fourth-order valence-corrected chi connectivity index (χ4v) is 2.10. The van der Waals surface area contributed by atoms with Crippen LogP contribution in [0.1, 0.15) is 5.69 Å². The van der Waals surface area contributed by atoms with Crippen molar-refractivity contribution in [3.8, 4) is 11.5 Å². The van der Waals surface area contributed by atoms with Crippen LogP contribution in [0, 0.1) is 6.92 Å². The van der Waals surface area contributed by atoms with Crippen LogP contribution in [0.4, 0.5) is 5.69 Å². The van der Waals surface area contributed by atoms with Gasteiger partial charge in [0, 0.05) is 29.9 Å². The first kappa shape index (κ1) is 10.2. The summed E-state index contributed by atoms with van der Waals surface area (Å²) in [7, 11) is 1.91. The molecule has 0 aliphatic carbocycles. The molecular formula is C13H14N2O2. The number of benzene rings is 1. The van der Waals surface area contributed by atoms with E-state index in [2.05, 4.69) is 10.3 Å². The molecule has 0 spiro atoms. The highest BCUT2D eigenvalue weighted by atomic mass is 16.6. The van der Waals surface area contributed by atoms with Gasteiger partial charge in [-0.15, -0.1) is 0 Å². The Morgan fingerprint density at radius 2 is 1.82 bits per heavy atom. The number of nitrogens with zero attached hydrogens (tertiary/aromatic N) is 1. The first-order chi connectivity index (χ1) is 8.28. The molecule has 1 aromatic heterocycles. The van der Waals surface area contributed by atoms with E-state index in [4.69, 9.17) is 9.47 Å². The Balaban J connectivity index is 2.29. The maximum atomic E-state index is 5.58. The molecule has 88 valence electrons. The number of ether oxygens (including phenoxy) is 2. The zero-order valence-electron chi connectivity index (χ0n) is 9.91. The Labute approximate surface area is 99.6 Å². The topological polar surface area (TPSA) is 43.4 Å². The molecule has 1 aliphatic rings. The van der Waals surface area contributed by atoms with E-state index >= 15 is 0 Å². The monoisotopic (exact) mass is 230 g/mol. The van der Waals surface area contributed by atoms with Gasteiger partial charge in [0.05, 0.1) is 5.52 Å². The zero-order valence-corrected chi connectivity index (χ0v) is 9.91. The minimum atomic E-state index is 0.600. The predicted molar refractivity (Wildman–Crippen MR) is 67.0 cm³/mol. The molecule has 0 unspecified atom stereocenters. The third-order valence-electron chi connectivity index (χ3n) is 2.87. The highest BCUT2D eigenvalue weighted by Crippen LogP contribution is 2.36. The van der Waals surface area contributed by atoms with Gasteiger partial charge >= 0.3 is 0 Å². The molecule has 0 fully saturated rings. The van der Waals surface area contributed by atoms with Crippen LogP contribution >= 0.6 is 0 Å². The summed E-state index contributed by atoms with van der Waals surface area (Å²) in [6.07, 6.45) is 0. The van der Waals surface area contributed by atoms with Crippen molar-refractivity contribution in [2.75, 3.05) is 25.6 Å². The molecule has 2 aromatic rings. The van der Waals surface area contributed by atoms with Gasteiger partial charge in [0.15, 0.2) is 11.5 Å². The summed E-state index contributed by atoms with van der Waals surface area (Å²) in [5.74, 6) is 1.58. The molecule has 0 saturated heterocycles. The van der Waals surface area contributed by atoms with Gasteiger partial charge in [0.25, 0.3) is 0 Å². The van der Waals surface area contributed by atoms with Crippen molar-refractivity contribution in [2.45, 2.75) is 6.92 Å². The van der Waals surface area contributed by atoms with Gasteiger partial charge in [-0.25, -0.2) is 0 Å². The van der Waals surface area contributed by atoms with E-state index in [0.29, 0.717) is 13.2 Å². The van der Waals surface area contributed by atoms with E-state index in [9.17, 15) is 0 Å². The molecule has 0 amide bonds. The van der Waals surface area contributed by atoms with Gasteiger partial charge in [-0.3, -0.25) is 4.98 Å². The first-order valence-electron chi connectivity index (χ1n) is 5.66. The van der Waals surface area contributed by atoms with E-state index in [0.717, 1.165) is 33.8 Å². The van der Waals surface area contributed by atoms with Gasteiger partial charge in [0.1, 0.15) is 13.2 Å². The van der Waals surface area contributed by atoms with Gasteiger partial charge < -0.3 is 14.8 Å². The number of pyridine rings is 1. The number of fused-ring (bicyclic) bond motifs is 2. The summed E-state index contributed by atoms with van der Waals surface area (Å²) in [5.41, 5.74) is 2.97. The molecule has 17 heavy (non-hydrogen) atoms. The lowest BCUT2D eigenvalue weighted by Crippen LogP contribution is -2.15. The number of nitrogens with one attached hydrogen (secondary N) is 1. The van der Waals surface area contributed by atoms with Crippen LogP contribution in [0.3, 0.4) is 0 Å². The molecule has 1 aliphatic heterocycles. The van der Waals surface area contributed by atoms with Gasteiger partial charge in [-0.05, 0) is 19.1 Å². The summed E-state index contributed by atoms with van der Waals surface area (Å²) >= 11 is 0. The molecular weight excluding hydrogens is 216 g/mol. The molecule has 1 N–H and O–H groups in total. The normalized spacial score (nSPS) is 13.8. The molecule has 3 rings (SSSR count). The third-order valence-corrected chi connectivity index (χ3v) is 2.87. The summed E-state index contributed by atoms with van der Waals surface area (Å²) < 4.78 is 11.1. The lowest BCUT2D eigenvalue weighted by atomic mass is 10.1. The fourth-order valence-electron chi connectivity index (χ4n) is 2.10. The Morgan fingerprint density at radius 3 is 2.53 bits per heavy atom. The van der Waals surface area contributed by atoms with Crippen molar-refractivity contribution in [1.82, 2.24) is 4.98 Å². The van der Waals surface area contributed by atoms with E-state index in [1.54, 1.807) is 0 Å². The Bertz CT molecular complexity index is 581. The minimum absolute atomic E-state index is 0.600. The standard InChI is InChI=1S/C13H14N2O2/c1-8-5-10(14-2)9-6-12-13(7-11(9)15-8)17-4-3-16-12/h5-7H,3-4H2,1-2H3,(H,14,15). The molecule has 0 bridgehead atoms. The number of aryl methyl sites for hydroxylation is 1. The van der Waals surface area contributed by atoms with Crippen LogP contribution in [0.2, 0.25) is 0 Å².